The van der Waals surface area contributed by atoms with Crippen molar-refractivity contribution in [1.82, 2.24) is 9.97 Å². The fraction of sp³-hybridized carbons (Fsp3) is 0.385. The van der Waals surface area contributed by atoms with Crippen LogP contribution in [0.25, 0.3) is 11.0 Å². The lowest BCUT2D eigenvalue weighted by Gasteiger charge is -2.18. The minimum absolute atomic E-state index is 0.479. The first kappa shape index (κ1) is 10.4. The zero-order valence-corrected chi connectivity index (χ0v) is 12.1. The molecule has 1 aromatic carbocycles. The highest BCUT2D eigenvalue weighted by atomic mass is 79.9. The van der Waals surface area contributed by atoms with E-state index in [1.807, 2.05) is 24.3 Å². The predicted octanol–water partition coefficient (Wildman–Crippen LogP) is 3.74. The number of halogens is 2. The summed E-state index contributed by atoms with van der Waals surface area (Å²) in [7, 11) is 0. The highest BCUT2D eigenvalue weighted by molar-refractivity contribution is 9.10. The summed E-state index contributed by atoms with van der Waals surface area (Å²) in [6, 6.07) is 8.13. The van der Waals surface area contributed by atoms with Gasteiger partial charge in [-0.3, -0.25) is 0 Å². The SMILES string of the molecule is Br[C@@H]1[C@H]2c3nc4ccccc4nc3[C@@H]1C[C@H]2Br. The number of nitrogens with zero attached hydrogens (tertiary/aromatic N) is 2. The second-order valence-electron chi connectivity index (χ2n) is 4.81. The van der Waals surface area contributed by atoms with Crippen LogP contribution in [0.15, 0.2) is 24.3 Å². The lowest BCUT2D eigenvalue weighted by molar-refractivity contribution is 0.708. The Bertz CT molecular complexity index is 613. The van der Waals surface area contributed by atoms with Crippen molar-refractivity contribution in [2.45, 2.75) is 27.9 Å². The molecule has 1 fully saturated rings. The fourth-order valence-electron chi connectivity index (χ4n) is 3.10. The fourth-order valence-corrected chi connectivity index (χ4v) is 5.58. The summed E-state index contributed by atoms with van der Waals surface area (Å²) < 4.78 is 0. The molecule has 0 amide bonds. The van der Waals surface area contributed by atoms with Crippen LogP contribution in [0.3, 0.4) is 0 Å². The van der Waals surface area contributed by atoms with Crippen LogP contribution in [0, 0.1) is 0 Å². The third-order valence-corrected chi connectivity index (χ3v) is 6.04. The van der Waals surface area contributed by atoms with Crippen molar-refractivity contribution >= 4 is 42.9 Å². The number of hydrogen-bond donors (Lipinski definition) is 0. The summed E-state index contributed by atoms with van der Waals surface area (Å²) in [6.45, 7) is 0. The Morgan fingerprint density at radius 2 is 1.65 bits per heavy atom. The third kappa shape index (κ3) is 1.31. The van der Waals surface area contributed by atoms with Gasteiger partial charge in [0.05, 0.1) is 22.4 Å². The molecule has 2 aliphatic carbocycles. The molecule has 0 radical (unpaired) electrons. The summed E-state index contributed by atoms with van der Waals surface area (Å²) in [6.07, 6.45) is 1.17. The van der Waals surface area contributed by atoms with Gasteiger partial charge in [-0.1, -0.05) is 44.0 Å². The molecular formula is C13H10Br2N2. The van der Waals surface area contributed by atoms with E-state index in [1.54, 1.807) is 0 Å². The molecule has 0 N–H and O–H groups in total. The molecule has 2 aliphatic rings. The molecule has 4 atom stereocenters. The van der Waals surface area contributed by atoms with E-state index in [1.165, 1.54) is 17.8 Å². The molecule has 0 aliphatic heterocycles. The highest BCUT2D eigenvalue weighted by Crippen LogP contribution is 2.57. The molecule has 4 rings (SSSR count). The van der Waals surface area contributed by atoms with E-state index in [9.17, 15) is 0 Å². The van der Waals surface area contributed by atoms with Crippen LogP contribution in [0.4, 0.5) is 0 Å². The maximum atomic E-state index is 4.82. The van der Waals surface area contributed by atoms with Gasteiger partial charge >= 0.3 is 0 Å². The van der Waals surface area contributed by atoms with Crippen LogP contribution < -0.4 is 0 Å². The predicted molar refractivity (Wildman–Crippen MR) is 75.1 cm³/mol. The van der Waals surface area contributed by atoms with E-state index in [-0.39, 0.29) is 0 Å². The summed E-state index contributed by atoms with van der Waals surface area (Å²) in [4.78, 5) is 10.7. The summed E-state index contributed by atoms with van der Waals surface area (Å²) >= 11 is 7.59. The second-order valence-corrected chi connectivity index (χ2v) is 7.04. The highest BCUT2D eigenvalue weighted by Gasteiger charge is 2.51. The van der Waals surface area contributed by atoms with E-state index in [2.05, 4.69) is 31.9 Å². The third-order valence-electron chi connectivity index (χ3n) is 3.89. The van der Waals surface area contributed by atoms with Crippen LogP contribution in [-0.4, -0.2) is 19.6 Å². The van der Waals surface area contributed by atoms with Gasteiger partial charge in [0.1, 0.15) is 0 Å². The summed E-state index contributed by atoms with van der Waals surface area (Å²) in [5.74, 6) is 1.00. The molecule has 4 heteroatoms. The van der Waals surface area contributed by atoms with Gasteiger partial charge < -0.3 is 0 Å². The topological polar surface area (TPSA) is 25.8 Å². The Kier molecular flexibility index (Phi) is 2.16. The molecule has 0 unspecified atom stereocenters. The Morgan fingerprint density at radius 1 is 1.00 bits per heavy atom. The van der Waals surface area contributed by atoms with Crippen molar-refractivity contribution in [2.75, 3.05) is 0 Å². The molecule has 2 aromatic rings. The van der Waals surface area contributed by atoms with Gasteiger partial charge in [-0.15, -0.1) is 0 Å². The first-order valence-corrected chi connectivity index (χ1v) is 7.63. The molecule has 1 saturated carbocycles. The van der Waals surface area contributed by atoms with E-state index < -0.39 is 0 Å². The molecule has 2 bridgehead atoms. The smallest absolute Gasteiger partial charge is 0.0890 e. The maximum absolute atomic E-state index is 4.82. The zero-order valence-electron chi connectivity index (χ0n) is 8.98. The van der Waals surface area contributed by atoms with Crippen molar-refractivity contribution in [2.24, 2.45) is 0 Å². The van der Waals surface area contributed by atoms with Crippen LogP contribution in [-0.2, 0) is 0 Å². The monoisotopic (exact) mass is 352 g/mol. The number of benzene rings is 1. The van der Waals surface area contributed by atoms with Crippen molar-refractivity contribution in [3.05, 3.63) is 35.7 Å². The Labute approximate surface area is 116 Å². The normalized spacial score (nSPS) is 34.2. The molecule has 86 valence electrons. The summed E-state index contributed by atoms with van der Waals surface area (Å²) in [5.41, 5.74) is 4.44. The number of aromatic nitrogens is 2. The molecular weight excluding hydrogens is 344 g/mol. The van der Waals surface area contributed by atoms with Gasteiger partial charge in [0.2, 0.25) is 0 Å². The van der Waals surface area contributed by atoms with Gasteiger partial charge in [-0.2, -0.15) is 0 Å². The number of para-hydroxylation sites is 2. The van der Waals surface area contributed by atoms with E-state index in [0.29, 0.717) is 21.5 Å². The number of fused-ring (bicyclic) bond motifs is 6. The maximum Gasteiger partial charge on any atom is 0.0890 e. The van der Waals surface area contributed by atoms with Crippen molar-refractivity contribution < 1.29 is 0 Å². The first-order chi connectivity index (χ1) is 8.25. The molecule has 1 aromatic heterocycles. The summed E-state index contributed by atoms with van der Waals surface area (Å²) in [5, 5.41) is 0. The van der Waals surface area contributed by atoms with Gasteiger partial charge in [0, 0.05) is 21.5 Å². The number of rotatable bonds is 0. The average Bonchev–Trinajstić information content (AvgIpc) is 2.76. The first-order valence-electron chi connectivity index (χ1n) is 5.80. The zero-order chi connectivity index (χ0) is 11.6. The molecule has 17 heavy (non-hydrogen) atoms. The molecule has 2 nitrogen and oxygen atoms in total. The van der Waals surface area contributed by atoms with E-state index >= 15 is 0 Å². The van der Waals surface area contributed by atoms with Gasteiger partial charge in [0.25, 0.3) is 0 Å². The van der Waals surface area contributed by atoms with Gasteiger partial charge in [-0.25, -0.2) is 9.97 Å². The Hall–Kier alpha value is -0.480. The standard InChI is InChI=1S/C13H10Br2N2/c14-7-5-6-11(15)10(7)13-12(6)16-8-3-1-2-4-9(8)17-13/h1-4,6-7,10-11H,5H2/t6-,7-,10+,11+/m1/s1. The van der Waals surface area contributed by atoms with Gasteiger partial charge in [0.15, 0.2) is 0 Å². The minimum Gasteiger partial charge on any atom is -0.249 e. The average molecular weight is 354 g/mol. The largest absolute Gasteiger partial charge is 0.249 e. The second kappa shape index (κ2) is 3.51. The van der Waals surface area contributed by atoms with Crippen LogP contribution >= 0.6 is 31.9 Å². The minimum atomic E-state index is 0.479. The van der Waals surface area contributed by atoms with Crippen molar-refractivity contribution in [3.63, 3.8) is 0 Å². The van der Waals surface area contributed by atoms with E-state index in [4.69, 9.17) is 9.97 Å². The van der Waals surface area contributed by atoms with Crippen LogP contribution in [0.5, 0.6) is 0 Å². The Morgan fingerprint density at radius 3 is 2.35 bits per heavy atom. The molecule has 0 saturated heterocycles. The van der Waals surface area contributed by atoms with Gasteiger partial charge in [-0.05, 0) is 18.6 Å². The Balaban J connectivity index is 2.01. The van der Waals surface area contributed by atoms with Crippen molar-refractivity contribution in [1.29, 1.82) is 0 Å². The number of hydrogen-bond acceptors (Lipinski definition) is 2. The van der Waals surface area contributed by atoms with Crippen molar-refractivity contribution in [3.8, 4) is 0 Å². The number of alkyl halides is 2. The van der Waals surface area contributed by atoms with E-state index in [0.717, 1.165) is 11.0 Å². The van der Waals surface area contributed by atoms with Crippen LogP contribution in [0.1, 0.15) is 29.6 Å². The molecule has 0 spiro atoms. The quantitative estimate of drug-likeness (QED) is 0.674. The lowest BCUT2D eigenvalue weighted by Crippen LogP contribution is -2.13. The molecule has 1 heterocycles. The lowest BCUT2D eigenvalue weighted by atomic mass is 10.00. The van der Waals surface area contributed by atoms with Crippen LogP contribution in [0.2, 0.25) is 0 Å².